The van der Waals surface area contributed by atoms with E-state index in [1.165, 1.54) is 19.2 Å². The third kappa shape index (κ3) is 9.49. The molecule has 3 aromatic carbocycles. The number of carbonyl (C=O) groups is 4. The Hall–Kier alpha value is -5.64. The van der Waals surface area contributed by atoms with Gasteiger partial charge in [0.2, 0.25) is 17.1 Å². The molecule has 1 heterocycles. The summed E-state index contributed by atoms with van der Waals surface area (Å²) in [4.78, 5) is 53.4. The van der Waals surface area contributed by atoms with Crippen LogP contribution in [0.15, 0.2) is 65.7 Å². The molecule has 0 spiro atoms. The first-order chi connectivity index (χ1) is 23.2. The van der Waals surface area contributed by atoms with Crippen molar-refractivity contribution in [1.29, 1.82) is 0 Å². The van der Waals surface area contributed by atoms with Crippen molar-refractivity contribution in [2.45, 2.75) is 31.5 Å². The van der Waals surface area contributed by atoms with Crippen LogP contribution < -0.4 is 50.1 Å². The first kappa shape index (κ1) is 38.8. The van der Waals surface area contributed by atoms with E-state index in [0.717, 1.165) is 10.9 Å². The number of nitrogens with zero attached hydrogens (tertiary/aromatic N) is 2. The highest BCUT2D eigenvalue weighted by Crippen LogP contribution is 2.34. The Morgan fingerprint density at radius 1 is 0.980 bits per heavy atom. The molecule has 0 fully saturated rings. The number of amides is 3. The first-order valence-electron chi connectivity index (χ1n) is 15.0. The van der Waals surface area contributed by atoms with Gasteiger partial charge in [0.05, 0.1) is 17.9 Å². The van der Waals surface area contributed by atoms with Crippen molar-refractivity contribution < 1.29 is 54.1 Å². The maximum Gasteiger partial charge on any atom is 0.471 e. The highest BCUT2D eigenvalue weighted by molar-refractivity contribution is 6.11. The lowest BCUT2D eigenvalue weighted by molar-refractivity contribution is -0.632. The van der Waals surface area contributed by atoms with Gasteiger partial charge >= 0.3 is 18.1 Å². The molecule has 0 saturated carbocycles. The second kappa shape index (κ2) is 16.6. The van der Waals surface area contributed by atoms with Gasteiger partial charge in [0.25, 0.3) is 5.91 Å². The number of esters is 1. The molecule has 0 radical (unpaired) electrons. The van der Waals surface area contributed by atoms with E-state index in [9.17, 15) is 32.3 Å². The van der Waals surface area contributed by atoms with Crippen molar-refractivity contribution in [2.24, 2.45) is 23.5 Å². The Kier molecular flexibility index (Phi) is 12.9. The van der Waals surface area contributed by atoms with E-state index in [2.05, 4.69) is 15.6 Å². The lowest BCUT2D eigenvalue weighted by atomic mass is 9.97. The van der Waals surface area contributed by atoms with Gasteiger partial charge in [-0.3, -0.25) is 19.4 Å². The van der Waals surface area contributed by atoms with Gasteiger partial charge in [-0.05, 0) is 55.3 Å². The van der Waals surface area contributed by atoms with E-state index in [-0.39, 0.29) is 55.5 Å². The van der Waals surface area contributed by atoms with E-state index in [1.54, 1.807) is 60.1 Å². The Morgan fingerprint density at radius 2 is 1.70 bits per heavy atom. The number of aryl methyl sites for hydroxylation is 1. The summed E-state index contributed by atoms with van der Waals surface area (Å²) in [6.07, 6.45) is -4.57. The second-order valence-electron chi connectivity index (χ2n) is 11.1. The Labute approximate surface area is 290 Å². The molecule has 4 aromatic rings. The summed E-state index contributed by atoms with van der Waals surface area (Å²) < 4.78 is 45.6. The molecule has 1 atom stereocenters. The number of carbonyl (C=O) groups excluding carboxylic acids is 4. The largest absolute Gasteiger partial charge is 1.00 e. The fraction of sp³-hybridized carbons (Fsp3) is 0.273. The number of aliphatic imine (C=N–C) groups is 1. The number of methoxy groups -OCH3 is 1. The number of guanidine groups is 1. The number of nitrogen functional groups attached to an aromatic ring is 1. The molecule has 0 aliphatic carbocycles. The number of anilines is 2. The highest BCUT2D eigenvalue weighted by atomic mass is 35.5. The van der Waals surface area contributed by atoms with E-state index >= 15 is 0 Å². The van der Waals surface area contributed by atoms with Crippen LogP contribution in [0.1, 0.15) is 29.6 Å². The van der Waals surface area contributed by atoms with Gasteiger partial charge in [-0.25, -0.2) is 4.79 Å². The average molecular weight is 717 g/mol. The molecule has 4 rings (SSSR count). The number of halogens is 4. The standard InChI is InChI=1S/C33H35F3N8O5.ClH/c1-44-26-16-20(37)8-10-23(26)22-11-9-21(42-31(48)33(34,35)36)17-24(22)28(44)18-5-3-6-19(15-18)29(46)40-14-12-27(45)43-25(30(47)49-2)7-4-13-41-32(38)39;/h3,5-6,8-11,15-17,25,37H,4,7,12-14H2,1-2H3,(H7,38,39,40,41,42,43,45,46,48);1H. The number of nitrogens with one attached hydrogen (secondary N) is 3. The summed E-state index contributed by atoms with van der Waals surface area (Å²) in [6.45, 7) is 0.211. The summed E-state index contributed by atoms with van der Waals surface area (Å²) in [5.74, 6) is -3.82. The van der Waals surface area contributed by atoms with Gasteiger partial charge in [0, 0.05) is 53.5 Å². The Morgan fingerprint density at radius 3 is 2.38 bits per heavy atom. The minimum Gasteiger partial charge on any atom is -1.00 e. The zero-order valence-electron chi connectivity index (χ0n) is 27.1. The Bertz CT molecular complexity index is 1950. The van der Waals surface area contributed by atoms with Gasteiger partial charge in [-0.15, -0.1) is 0 Å². The number of benzene rings is 3. The number of rotatable bonds is 12. The SMILES string of the molecule is COC(=O)C(CCCN=C(N)N)NC(=O)CCNC(=O)c1cccc(-c2c3cc(NC(=O)C(F)(F)F)ccc3c3ccc(N)cc3[n+]2C)c1.[Cl-]. The second-order valence-corrected chi connectivity index (χ2v) is 11.1. The van der Waals surface area contributed by atoms with Crippen molar-refractivity contribution >= 4 is 62.7 Å². The molecule has 17 heteroatoms. The number of nitrogens with two attached hydrogens (primary N) is 3. The van der Waals surface area contributed by atoms with Gasteiger partial charge in [-0.1, -0.05) is 12.1 Å². The molecule has 266 valence electrons. The monoisotopic (exact) mass is 716 g/mol. The summed E-state index contributed by atoms with van der Waals surface area (Å²) in [5.41, 5.74) is 19.2. The summed E-state index contributed by atoms with van der Waals surface area (Å²) >= 11 is 0. The predicted octanol–water partition coefficient (Wildman–Crippen LogP) is -0.597. The van der Waals surface area contributed by atoms with Gasteiger partial charge in [0.15, 0.2) is 5.96 Å². The van der Waals surface area contributed by atoms with Crippen molar-refractivity contribution in [3.05, 3.63) is 66.2 Å². The van der Waals surface area contributed by atoms with Crippen molar-refractivity contribution in [1.82, 2.24) is 10.6 Å². The number of hydrogen-bond acceptors (Lipinski definition) is 7. The number of fused-ring (bicyclic) bond motifs is 3. The summed E-state index contributed by atoms with van der Waals surface area (Å²) in [5, 5.41) is 9.12. The maximum atomic E-state index is 13.2. The fourth-order valence-corrected chi connectivity index (χ4v) is 5.32. The van der Waals surface area contributed by atoms with Crippen LogP contribution in [0, 0.1) is 0 Å². The molecular formula is C33H36ClF3N8O5. The molecule has 0 aliphatic rings. The third-order valence-electron chi connectivity index (χ3n) is 7.60. The normalized spacial score (nSPS) is 11.6. The first-order valence-corrected chi connectivity index (χ1v) is 15.0. The molecule has 13 nitrogen and oxygen atoms in total. The van der Waals surface area contributed by atoms with Crippen LogP contribution in [0.4, 0.5) is 24.5 Å². The van der Waals surface area contributed by atoms with Crippen molar-refractivity contribution in [3.63, 3.8) is 0 Å². The van der Waals surface area contributed by atoms with E-state index in [1.807, 2.05) is 5.32 Å². The number of aromatic nitrogens is 1. The topological polar surface area (TPSA) is 208 Å². The minimum atomic E-state index is -5.08. The molecular weight excluding hydrogens is 681 g/mol. The Balaban J connectivity index is 0.00000676. The molecule has 1 aromatic heterocycles. The van der Waals surface area contributed by atoms with Crippen LogP contribution in [0.2, 0.25) is 0 Å². The number of hydrogen-bond donors (Lipinski definition) is 6. The quantitative estimate of drug-likeness (QED) is 0.0212. The van der Waals surface area contributed by atoms with Crippen molar-refractivity contribution in [3.8, 4) is 11.3 Å². The van der Waals surface area contributed by atoms with E-state index in [0.29, 0.717) is 34.1 Å². The molecule has 1 unspecified atom stereocenters. The van der Waals surface area contributed by atoms with E-state index in [4.69, 9.17) is 21.9 Å². The molecule has 0 saturated heterocycles. The van der Waals surface area contributed by atoms with Crippen LogP contribution in [0.3, 0.4) is 0 Å². The summed E-state index contributed by atoms with van der Waals surface area (Å²) in [6, 6.07) is 15.3. The molecule has 9 N–H and O–H groups in total. The third-order valence-corrected chi connectivity index (χ3v) is 7.60. The number of pyridine rings is 1. The number of alkyl halides is 3. The van der Waals surface area contributed by atoms with Gasteiger partial charge in [0.1, 0.15) is 13.1 Å². The summed E-state index contributed by atoms with van der Waals surface area (Å²) in [7, 11) is 2.96. The fourth-order valence-electron chi connectivity index (χ4n) is 5.32. The molecule has 0 aliphatic heterocycles. The van der Waals surface area contributed by atoms with Crippen LogP contribution in [0.5, 0.6) is 0 Å². The van der Waals surface area contributed by atoms with Crippen LogP contribution in [-0.4, -0.2) is 62.1 Å². The van der Waals surface area contributed by atoms with Crippen LogP contribution in [-0.2, 0) is 26.2 Å². The predicted molar refractivity (Wildman–Crippen MR) is 178 cm³/mol. The van der Waals surface area contributed by atoms with Crippen LogP contribution in [0.25, 0.3) is 32.9 Å². The minimum absolute atomic E-state index is 0. The highest BCUT2D eigenvalue weighted by Gasteiger charge is 2.38. The number of ether oxygens (including phenoxy) is 1. The van der Waals surface area contributed by atoms with E-state index < -0.39 is 35.9 Å². The zero-order chi connectivity index (χ0) is 35.9. The van der Waals surface area contributed by atoms with Gasteiger partial charge in [-0.2, -0.15) is 17.7 Å². The zero-order valence-corrected chi connectivity index (χ0v) is 27.8. The average Bonchev–Trinajstić information content (AvgIpc) is 3.05. The van der Waals surface area contributed by atoms with Crippen LogP contribution >= 0.6 is 0 Å². The molecule has 0 bridgehead atoms. The lowest BCUT2D eigenvalue weighted by Gasteiger charge is -2.16. The smallest absolute Gasteiger partial charge is 0.471 e. The lowest BCUT2D eigenvalue weighted by Crippen LogP contribution is -3.00. The maximum absolute atomic E-state index is 13.2. The molecule has 3 amide bonds. The molecule has 50 heavy (non-hydrogen) atoms. The van der Waals surface area contributed by atoms with Crippen molar-refractivity contribution in [2.75, 3.05) is 31.2 Å². The van der Waals surface area contributed by atoms with Gasteiger partial charge < -0.3 is 50.3 Å².